The van der Waals surface area contributed by atoms with Crippen LogP contribution in [0.5, 0.6) is 0 Å². The third kappa shape index (κ3) is 3.55. The molecule has 3 heteroatoms. The second-order valence-electron chi connectivity index (χ2n) is 5.32. The van der Waals surface area contributed by atoms with Crippen molar-refractivity contribution in [1.82, 2.24) is 10.3 Å². The molecule has 0 bridgehead atoms. The lowest BCUT2D eigenvalue weighted by atomic mass is 10.1. The molecule has 0 fully saturated rings. The molecule has 0 aromatic carbocycles. The van der Waals surface area contributed by atoms with Crippen molar-refractivity contribution in [2.45, 2.75) is 70.8 Å². The quantitative estimate of drug-likeness (QED) is 0.711. The van der Waals surface area contributed by atoms with Gasteiger partial charge in [0.05, 0.1) is 11.7 Å². The van der Waals surface area contributed by atoms with Gasteiger partial charge in [0.1, 0.15) is 5.01 Å². The number of unbranched alkanes of at least 4 members (excludes halogenated alkanes) is 4. The van der Waals surface area contributed by atoms with Crippen LogP contribution in [-0.2, 0) is 12.8 Å². The van der Waals surface area contributed by atoms with Gasteiger partial charge in [-0.2, -0.15) is 0 Å². The maximum Gasteiger partial charge on any atom is 0.110 e. The molecule has 1 aromatic heterocycles. The Hall–Kier alpha value is -0.410. The second-order valence-corrected chi connectivity index (χ2v) is 6.43. The monoisotopic (exact) mass is 266 g/mol. The first kappa shape index (κ1) is 14.0. The zero-order chi connectivity index (χ0) is 12.8. The van der Waals surface area contributed by atoms with Crippen LogP contribution in [0.1, 0.15) is 73.5 Å². The summed E-state index contributed by atoms with van der Waals surface area (Å²) in [4.78, 5) is 6.39. The minimum Gasteiger partial charge on any atom is -0.311 e. The minimum absolute atomic E-state index is 0.488. The molecule has 0 amide bonds. The fourth-order valence-corrected chi connectivity index (χ4v) is 4.00. The molecule has 1 heterocycles. The normalized spacial score (nSPS) is 15.9. The van der Waals surface area contributed by atoms with Gasteiger partial charge in [-0.1, -0.05) is 39.0 Å². The molecule has 1 aromatic rings. The highest BCUT2D eigenvalue weighted by Gasteiger charge is 2.20. The van der Waals surface area contributed by atoms with Crippen LogP contribution in [0.25, 0.3) is 0 Å². The first-order valence-electron chi connectivity index (χ1n) is 7.51. The SMILES string of the molecule is CCCCCCCC(NC)c1nc2c(s1)CCC2. The van der Waals surface area contributed by atoms with Gasteiger partial charge in [0.25, 0.3) is 0 Å². The fourth-order valence-electron chi connectivity index (χ4n) is 2.70. The van der Waals surface area contributed by atoms with Crippen molar-refractivity contribution in [3.63, 3.8) is 0 Å². The maximum atomic E-state index is 4.83. The van der Waals surface area contributed by atoms with E-state index in [0.29, 0.717) is 6.04 Å². The van der Waals surface area contributed by atoms with Crippen molar-refractivity contribution >= 4 is 11.3 Å². The van der Waals surface area contributed by atoms with E-state index >= 15 is 0 Å². The van der Waals surface area contributed by atoms with Gasteiger partial charge < -0.3 is 5.32 Å². The highest BCUT2D eigenvalue weighted by Crippen LogP contribution is 2.32. The Bertz CT molecular complexity index is 338. The molecule has 2 rings (SSSR count). The number of thiazole rings is 1. The van der Waals surface area contributed by atoms with E-state index in [4.69, 9.17) is 4.98 Å². The molecule has 1 aliphatic carbocycles. The second kappa shape index (κ2) is 7.25. The Morgan fingerprint density at radius 2 is 2.06 bits per heavy atom. The van der Waals surface area contributed by atoms with E-state index < -0.39 is 0 Å². The summed E-state index contributed by atoms with van der Waals surface area (Å²) in [6, 6.07) is 0.488. The number of nitrogens with one attached hydrogen (secondary N) is 1. The number of hydrogen-bond donors (Lipinski definition) is 1. The summed E-state index contributed by atoms with van der Waals surface area (Å²) in [7, 11) is 2.07. The van der Waals surface area contributed by atoms with E-state index in [-0.39, 0.29) is 0 Å². The van der Waals surface area contributed by atoms with Crippen LogP contribution in [-0.4, -0.2) is 12.0 Å². The van der Waals surface area contributed by atoms with Gasteiger partial charge >= 0.3 is 0 Å². The van der Waals surface area contributed by atoms with Gasteiger partial charge in [-0.3, -0.25) is 0 Å². The van der Waals surface area contributed by atoms with Gasteiger partial charge in [-0.15, -0.1) is 11.3 Å². The van der Waals surface area contributed by atoms with Crippen LogP contribution < -0.4 is 5.32 Å². The van der Waals surface area contributed by atoms with Gasteiger partial charge in [-0.25, -0.2) is 4.98 Å². The lowest BCUT2D eigenvalue weighted by Crippen LogP contribution is -2.16. The molecule has 102 valence electrons. The molecule has 1 N–H and O–H groups in total. The number of aryl methyl sites for hydroxylation is 2. The van der Waals surface area contributed by atoms with Crippen LogP contribution >= 0.6 is 11.3 Å². The summed E-state index contributed by atoms with van der Waals surface area (Å²) in [5, 5.41) is 4.78. The number of rotatable bonds is 8. The molecule has 1 unspecified atom stereocenters. The molecular weight excluding hydrogens is 240 g/mol. The maximum absolute atomic E-state index is 4.83. The minimum atomic E-state index is 0.488. The molecular formula is C15H26N2S. The largest absolute Gasteiger partial charge is 0.311 e. The summed E-state index contributed by atoms with van der Waals surface area (Å²) in [6.45, 7) is 2.27. The standard InChI is InChI=1S/C15H26N2S/c1-3-4-5-6-7-9-13(16-2)15-17-12-10-8-11-14(12)18-15/h13,16H,3-11H2,1-2H3. The van der Waals surface area contributed by atoms with Gasteiger partial charge in [0.2, 0.25) is 0 Å². The van der Waals surface area contributed by atoms with Crippen molar-refractivity contribution < 1.29 is 0 Å². The summed E-state index contributed by atoms with van der Waals surface area (Å²) >= 11 is 1.95. The Labute approximate surface area is 115 Å². The Morgan fingerprint density at radius 3 is 2.78 bits per heavy atom. The Kier molecular flexibility index (Phi) is 5.64. The number of hydrogen-bond acceptors (Lipinski definition) is 3. The Balaban J connectivity index is 1.80. The fraction of sp³-hybridized carbons (Fsp3) is 0.800. The number of fused-ring (bicyclic) bond motifs is 1. The van der Waals surface area contributed by atoms with Crippen LogP contribution in [0.2, 0.25) is 0 Å². The summed E-state index contributed by atoms with van der Waals surface area (Å²) < 4.78 is 0. The van der Waals surface area contributed by atoms with E-state index in [1.54, 1.807) is 4.88 Å². The van der Waals surface area contributed by atoms with Crippen molar-refractivity contribution in [2.24, 2.45) is 0 Å². The van der Waals surface area contributed by atoms with E-state index in [1.807, 2.05) is 11.3 Å². The molecule has 0 aliphatic heterocycles. The molecule has 0 radical (unpaired) electrons. The molecule has 1 aliphatic rings. The third-order valence-corrected chi connectivity index (χ3v) is 5.13. The average molecular weight is 266 g/mol. The topological polar surface area (TPSA) is 24.9 Å². The number of aromatic nitrogens is 1. The zero-order valence-corrected chi connectivity index (χ0v) is 12.6. The highest BCUT2D eigenvalue weighted by atomic mass is 32.1. The first-order valence-corrected chi connectivity index (χ1v) is 8.32. The van der Waals surface area contributed by atoms with Crippen molar-refractivity contribution in [3.05, 3.63) is 15.6 Å². The van der Waals surface area contributed by atoms with Crippen molar-refractivity contribution in [1.29, 1.82) is 0 Å². The average Bonchev–Trinajstić information content (AvgIpc) is 2.94. The molecule has 0 saturated heterocycles. The lowest BCUT2D eigenvalue weighted by molar-refractivity contribution is 0.498. The molecule has 2 nitrogen and oxygen atoms in total. The molecule has 0 saturated carbocycles. The first-order chi connectivity index (χ1) is 8.85. The predicted octanol–water partition coefficient (Wildman–Crippen LogP) is 4.25. The summed E-state index contributed by atoms with van der Waals surface area (Å²) in [6.07, 6.45) is 11.8. The van der Waals surface area contributed by atoms with Crippen LogP contribution in [0.4, 0.5) is 0 Å². The lowest BCUT2D eigenvalue weighted by Gasteiger charge is -2.13. The van der Waals surface area contributed by atoms with Crippen LogP contribution in [0, 0.1) is 0 Å². The van der Waals surface area contributed by atoms with E-state index in [2.05, 4.69) is 19.3 Å². The van der Waals surface area contributed by atoms with E-state index in [1.165, 1.54) is 68.5 Å². The van der Waals surface area contributed by atoms with Crippen molar-refractivity contribution in [3.8, 4) is 0 Å². The highest BCUT2D eigenvalue weighted by molar-refractivity contribution is 7.11. The molecule has 0 spiro atoms. The van der Waals surface area contributed by atoms with Crippen LogP contribution in [0.15, 0.2) is 0 Å². The predicted molar refractivity (Wildman–Crippen MR) is 79.3 cm³/mol. The Morgan fingerprint density at radius 1 is 1.22 bits per heavy atom. The smallest absolute Gasteiger partial charge is 0.110 e. The number of nitrogens with zero attached hydrogens (tertiary/aromatic N) is 1. The van der Waals surface area contributed by atoms with Gasteiger partial charge in [0.15, 0.2) is 0 Å². The van der Waals surface area contributed by atoms with Gasteiger partial charge in [-0.05, 0) is 32.7 Å². The van der Waals surface area contributed by atoms with Crippen molar-refractivity contribution in [2.75, 3.05) is 7.05 Å². The summed E-state index contributed by atoms with van der Waals surface area (Å²) in [5.74, 6) is 0. The zero-order valence-electron chi connectivity index (χ0n) is 11.8. The van der Waals surface area contributed by atoms with Crippen LogP contribution in [0.3, 0.4) is 0 Å². The van der Waals surface area contributed by atoms with E-state index in [9.17, 15) is 0 Å². The molecule has 1 atom stereocenters. The third-order valence-electron chi connectivity index (χ3n) is 3.86. The summed E-state index contributed by atoms with van der Waals surface area (Å²) in [5.41, 5.74) is 1.39. The van der Waals surface area contributed by atoms with E-state index in [0.717, 1.165) is 0 Å². The van der Waals surface area contributed by atoms with Gasteiger partial charge in [0, 0.05) is 4.88 Å². The molecule has 18 heavy (non-hydrogen) atoms.